The van der Waals surface area contributed by atoms with E-state index in [0.717, 1.165) is 22.4 Å². The van der Waals surface area contributed by atoms with E-state index in [9.17, 15) is 8.42 Å². The predicted octanol–water partition coefficient (Wildman–Crippen LogP) is 3.31. The quantitative estimate of drug-likeness (QED) is 0.774. The summed E-state index contributed by atoms with van der Waals surface area (Å²) in [5, 5.41) is 0. The first kappa shape index (κ1) is 15.7. The fraction of sp³-hybridized carbons (Fsp3) is 0.235. The SMILES string of the molecule is CC(C)(C)NS(=O)(=O)c1ccc(-c2nc3ccccc3[nH]2)cc1. The van der Waals surface area contributed by atoms with Gasteiger partial charge in [0.15, 0.2) is 0 Å². The summed E-state index contributed by atoms with van der Waals surface area (Å²) in [5.41, 5.74) is 2.16. The van der Waals surface area contributed by atoms with E-state index in [1.807, 2.05) is 45.0 Å². The van der Waals surface area contributed by atoms with Crippen LogP contribution in [0.15, 0.2) is 53.4 Å². The molecule has 0 aliphatic rings. The lowest BCUT2D eigenvalue weighted by Crippen LogP contribution is -2.40. The van der Waals surface area contributed by atoms with Gasteiger partial charge < -0.3 is 4.98 Å². The van der Waals surface area contributed by atoms with Gasteiger partial charge in [-0.1, -0.05) is 12.1 Å². The van der Waals surface area contributed by atoms with Crippen molar-refractivity contribution in [1.82, 2.24) is 14.7 Å². The molecule has 2 N–H and O–H groups in total. The van der Waals surface area contributed by atoms with Gasteiger partial charge in [-0.25, -0.2) is 18.1 Å². The number of sulfonamides is 1. The third-order valence-corrected chi connectivity index (χ3v) is 5.04. The van der Waals surface area contributed by atoms with Crippen LogP contribution in [0.3, 0.4) is 0 Å². The topological polar surface area (TPSA) is 74.8 Å². The first-order valence-electron chi connectivity index (χ1n) is 7.34. The number of fused-ring (bicyclic) bond motifs is 1. The smallest absolute Gasteiger partial charge is 0.241 e. The van der Waals surface area contributed by atoms with Gasteiger partial charge in [0.05, 0.1) is 15.9 Å². The monoisotopic (exact) mass is 329 g/mol. The van der Waals surface area contributed by atoms with Gasteiger partial charge in [-0.3, -0.25) is 0 Å². The lowest BCUT2D eigenvalue weighted by Gasteiger charge is -2.20. The van der Waals surface area contributed by atoms with E-state index in [1.165, 1.54) is 0 Å². The van der Waals surface area contributed by atoms with E-state index < -0.39 is 15.6 Å². The number of rotatable bonds is 3. The molecule has 6 heteroatoms. The summed E-state index contributed by atoms with van der Waals surface area (Å²) >= 11 is 0. The molecule has 23 heavy (non-hydrogen) atoms. The second kappa shape index (κ2) is 5.47. The van der Waals surface area contributed by atoms with Crippen LogP contribution in [-0.4, -0.2) is 23.9 Å². The summed E-state index contributed by atoms with van der Waals surface area (Å²) in [6.07, 6.45) is 0. The third kappa shape index (κ3) is 3.43. The number of nitrogens with zero attached hydrogens (tertiary/aromatic N) is 1. The molecular weight excluding hydrogens is 310 g/mol. The maximum atomic E-state index is 12.3. The van der Waals surface area contributed by atoms with E-state index in [-0.39, 0.29) is 4.90 Å². The summed E-state index contributed by atoms with van der Waals surface area (Å²) < 4.78 is 27.2. The normalized spacial score (nSPS) is 12.7. The van der Waals surface area contributed by atoms with Gasteiger partial charge in [-0.05, 0) is 57.2 Å². The van der Waals surface area contributed by atoms with E-state index in [4.69, 9.17) is 0 Å². The van der Waals surface area contributed by atoms with E-state index in [1.54, 1.807) is 24.3 Å². The Balaban J connectivity index is 1.93. The van der Waals surface area contributed by atoms with Crippen molar-refractivity contribution in [1.29, 1.82) is 0 Å². The molecule has 0 atom stereocenters. The van der Waals surface area contributed by atoms with Crippen LogP contribution in [0.1, 0.15) is 20.8 Å². The number of aromatic amines is 1. The van der Waals surface area contributed by atoms with Crippen LogP contribution in [0, 0.1) is 0 Å². The first-order chi connectivity index (χ1) is 10.7. The van der Waals surface area contributed by atoms with Gasteiger partial charge >= 0.3 is 0 Å². The molecule has 120 valence electrons. The minimum Gasteiger partial charge on any atom is -0.338 e. The number of benzene rings is 2. The molecule has 0 fully saturated rings. The third-order valence-electron chi connectivity index (χ3n) is 3.27. The highest BCUT2D eigenvalue weighted by Crippen LogP contribution is 2.22. The molecular formula is C17H19N3O2S. The maximum absolute atomic E-state index is 12.3. The number of nitrogens with one attached hydrogen (secondary N) is 2. The highest BCUT2D eigenvalue weighted by Gasteiger charge is 2.21. The zero-order chi connectivity index (χ0) is 16.7. The summed E-state index contributed by atoms with van der Waals surface area (Å²) in [6, 6.07) is 14.5. The van der Waals surface area contributed by atoms with E-state index in [2.05, 4.69) is 14.7 Å². The Kier molecular flexibility index (Phi) is 3.74. The van der Waals surface area contributed by atoms with Crippen LogP contribution in [0.25, 0.3) is 22.4 Å². The van der Waals surface area contributed by atoms with Crippen LogP contribution in [0.2, 0.25) is 0 Å². The van der Waals surface area contributed by atoms with Gasteiger partial charge in [0, 0.05) is 11.1 Å². The van der Waals surface area contributed by atoms with E-state index in [0.29, 0.717) is 0 Å². The molecule has 3 rings (SSSR count). The average molecular weight is 329 g/mol. The zero-order valence-corrected chi connectivity index (χ0v) is 14.1. The second-order valence-electron chi connectivity index (χ2n) is 6.48. The van der Waals surface area contributed by atoms with Crippen LogP contribution >= 0.6 is 0 Å². The Morgan fingerprint density at radius 3 is 2.26 bits per heavy atom. The Bertz CT molecular complexity index is 903. The minimum atomic E-state index is -3.52. The maximum Gasteiger partial charge on any atom is 0.241 e. The zero-order valence-electron chi connectivity index (χ0n) is 13.3. The van der Waals surface area contributed by atoms with Crippen molar-refractivity contribution in [3.63, 3.8) is 0 Å². The van der Waals surface area contributed by atoms with Crippen molar-refractivity contribution in [2.75, 3.05) is 0 Å². The minimum absolute atomic E-state index is 0.243. The van der Waals surface area contributed by atoms with Crippen LogP contribution in [0.4, 0.5) is 0 Å². The lowest BCUT2D eigenvalue weighted by molar-refractivity contribution is 0.491. The summed E-state index contributed by atoms with van der Waals surface area (Å²) in [4.78, 5) is 7.99. The summed E-state index contributed by atoms with van der Waals surface area (Å²) in [5.74, 6) is 0.721. The number of H-pyrrole nitrogens is 1. The number of hydrogen-bond donors (Lipinski definition) is 2. The highest BCUT2D eigenvalue weighted by molar-refractivity contribution is 7.89. The molecule has 0 radical (unpaired) electrons. The number of imidazole rings is 1. The van der Waals surface area contributed by atoms with Gasteiger partial charge in [0.25, 0.3) is 0 Å². The fourth-order valence-corrected chi connectivity index (χ4v) is 3.76. The Hall–Kier alpha value is -2.18. The van der Waals surface area contributed by atoms with Crippen molar-refractivity contribution < 1.29 is 8.42 Å². The fourth-order valence-electron chi connectivity index (χ4n) is 2.34. The number of hydrogen-bond acceptors (Lipinski definition) is 3. The highest BCUT2D eigenvalue weighted by atomic mass is 32.2. The molecule has 1 heterocycles. The Labute approximate surface area is 135 Å². The van der Waals surface area contributed by atoms with Crippen LogP contribution in [0.5, 0.6) is 0 Å². The Morgan fingerprint density at radius 2 is 1.65 bits per heavy atom. The Morgan fingerprint density at radius 1 is 1.00 bits per heavy atom. The van der Waals surface area contributed by atoms with Gasteiger partial charge in [-0.2, -0.15) is 0 Å². The standard InChI is InChI=1S/C17H19N3O2S/c1-17(2,3)20-23(21,22)13-10-8-12(9-11-13)16-18-14-6-4-5-7-15(14)19-16/h4-11,20H,1-3H3,(H,18,19). The molecule has 0 aliphatic carbocycles. The van der Waals surface area contributed by atoms with Gasteiger partial charge in [0.1, 0.15) is 5.82 Å². The molecule has 0 unspecified atom stereocenters. The molecule has 0 spiro atoms. The van der Waals surface area contributed by atoms with Crippen LogP contribution < -0.4 is 4.72 Å². The van der Waals surface area contributed by atoms with Gasteiger partial charge in [0.2, 0.25) is 10.0 Å². The predicted molar refractivity (Wildman–Crippen MR) is 91.6 cm³/mol. The average Bonchev–Trinajstić information content (AvgIpc) is 2.89. The number of aromatic nitrogens is 2. The van der Waals surface area contributed by atoms with Crippen molar-refractivity contribution in [2.45, 2.75) is 31.2 Å². The summed E-state index contributed by atoms with van der Waals surface area (Å²) in [7, 11) is -3.52. The van der Waals surface area contributed by atoms with Crippen molar-refractivity contribution in [2.24, 2.45) is 0 Å². The van der Waals surface area contributed by atoms with Crippen molar-refractivity contribution in [3.05, 3.63) is 48.5 Å². The molecule has 0 saturated carbocycles. The molecule has 1 aromatic heterocycles. The molecule has 0 bridgehead atoms. The van der Waals surface area contributed by atoms with Crippen molar-refractivity contribution >= 4 is 21.1 Å². The van der Waals surface area contributed by atoms with Crippen LogP contribution in [-0.2, 0) is 10.0 Å². The first-order valence-corrected chi connectivity index (χ1v) is 8.82. The van der Waals surface area contributed by atoms with E-state index >= 15 is 0 Å². The molecule has 0 aliphatic heterocycles. The van der Waals surface area contributed by atoms with Crippen molar-refractivity contribution in [3.8, 4) is 11.4 Å². The largest absolute Gasteiger partial charge is 0.338 e. The number of para-hydroxylation sites is 2. The van der Waals surface area contributed by atoms with Gasteiger partial charge in [-0.15, -0.1) is 0 Å². The summed E-state index contributed by atoms with van der Waals surface area (Å²) in [6.45, 7) is 5.44. The molecule has 3 aromatic rings. The molecule has 0 amide bonds. The molecule has 0 saturated heterocycles. The molecule has 2 aromatic carbocycles. The second-order valence-corrected chi connectivity index (χ2v) is 8.16. The lowest BCUT2D eigenvalue weighted by atomic mass is 10.1. The molecule has 5 nitrogen and oxygen atoms in total.